The summed E-state index contributed by atoms with van der Waals surface area (Å²) in [6, 6.07) is 10.0. The van der Waals surface area contributed by atoms with Gasteiger partial charge in [0.1, 0.15) is 5.75 Å². The van der Waals surface area contributed by atoms with Crippen LogP contribution < -0.4 is 4.52 Å². The van der Waals surface area contributed by atoms with Gasteiger partial charge in [-0.25, -0.2) is 0 Å². The Kier molecular flexibility index (Phi) is 49.5. The molecule has 378 valence electrons. The first kappa shape index (κ1) is 61.3. The third kappa shape index (κ3) is 43.8. The standard InChI is InChI=1S/C58H111O5P/c1-5-9-11-13-15-17-19-23-29-35-44-52-59-56(7-3)48-40-33-27-21-25-31-37-46-54-61-64(63-58-50-42-39-43-51-58)62-55-47-38-32-26-22-28-34-41-49-57(8-4)60-53-45-36-30-24-20-18-16-14-12-10-6-2/h39,42-43,50-51,56-57H,5-38,40-41,44-49,52-55H2,1-4H3. The lowest BCUT2D eigenvalue weighted by Crippen LogP contribution is -2.12. The van der Waals surface area contributed by atoms with E-state index >= 15 is 0 Å². The van der Waals surface area contributed by atoms with Gasteiger partial charge in [0, 0.05) is 13.2 Å². The molecular weight excluding hydrogens is 808 g/mol. The maximum atomic E-state index is 6.26. The van der Waals surface area contributed by atoms with Gasteiger partial charge in [-0.05, 0) is 63.5 Å². The Bertz CT molecular complexity index is 938. The number of benzene rings is 1. The second kappa shape index (κ2) is 51.7. The van der Waals surface area contributed by atoms with Gasteiger partial charge in [0.05, 0.1) is 25.4 Å². The molecule has 0 spiro atoms. The molecule has 0 amide bonds. The first-order chi connectivity index (χ1) is 31.7. The van der Waals surface area contributed by atoms with Crippen molar-refractivity contribution in [1.29, 1.82) is 0 Å². The molecule has 0 heterocycles. The fraction of sp³-hybridized carbons (Fsp3) is 0.897. The zero-order valence-electron chi connectivity index (χ0n) is 43.6. The zero-order valence-corrected chi connectivity index (χ0v) is 44.5. The summed E-state index contributed by atoms with van der Waals surface area (Å²) in [4.78, 5) is 0. The third-order valence-electron chi connectivity index (χ3n) is 13.3. The summed E-state index contributed by atoms with van der Waals surface area (Å²) in [6.07, 6.45) is 56.9. The Labute approximate surface area is 402 Å². The molecule has 0 saturated carbocycles. The van der Waals surface area contributed by atoms with Crippen LogP contribution in [-0.4, -0.2) is 38.6 Å². The Morgan fingerprint density at radius 1 is 0.328 bits per heavy atom. The van der Waals surface area contributed by atoms with E-state index in [1.807, 2.05) is 30.3 Å². The molecule has 0 aromatic heterocycles. The lowest BCUT2D eigenvalue weighted by Gasteiger charge is -2.17. The van der Waals surface area contributed by atoms with Crippen LogP contribution in [0.1, 0.15) is 297 Å². The molecule has 2 atom stereocenters. The Morgan fingerprint density at radius 2 is 0.609 bits per heavy atom. The van der Waals surface area contributed by atoms with E-state index in [4.69, 9.17) is 23.0 Å². The lowest BCUT2D eigenvalue weighted by molar-refractivity contribution is 0.0405. The molecule has 0 N–H and O–H groups in total. The summed E-state index contributed by atoms with van der Waals surface area (Å²) in [7, 11) is -1.36. The normalized spacial score (nSPS) is 13.1. The molecule has 5 nitrogen and oxygen atoms in total. The summed E-state index contributed by atoms with van der Waals surface area (Å²) in [5.41, 5.74) is 0. The highest BCUT2D eigenvalue weighted by atomic mass is 31.2. The van der Waals surface area contributed by atoms with E-state index < -0.39 is 8.60 Å². The van der Waals surface area contributed by atoms with E-state index in [1.54, 1.807) is 0 Å². The van der Waals surface area contributed by atoms with Crippen LogP contribution in [0.25, 0.3) is 0 Å². The van der Waals surface area contributed by atoms with Crippen LogP contribution in [0.4, 0.5) is 0 Å². The summed E-state index contributed by atoms with van der Waals surface area (Å²) in [6.45, 7) is 12.5. The van der Waals surface area contributed by atoms with Gasteiger partial charge in [-0.1, -0.05) is 264 Å². The predicted molar refractivity (Wildman–Crippen MR) is 282 cm³/mol. The van der Waals surface area contributed by atoms with Gasteiger partial charge in [-0.15, -0.1) is 0 Å². The van der Waals surface area contributed by atoms with Crippen LogP contribution in [0.5, 0.6) is 5.75 Å². The van der Waals surface area contributed by atoms with Crippen molar-refractivity contribution in [3.63, 3.8) is 0 Å². The van der Waals surface area contributed by atoms with Crippen LogP contribution in [0.3, 0.4) is 0 Å². The fourth-order valence-corrected chi connectivity index (χ4v) is 9.88. The Morgan fingerprint density at radius 3 is 0.922 bits per heavy atom. The highest BCUT2D eigenvalue weighted by Crippen LogP contribution is 2.41. The number of ether oxygens (including phenoxy) is 2. The summed E-state index contributed by atoms with van der Waals surface area (Å²) in [5.74, 6) is 0.830. The topological polar surface area (TPSA) is 46.2 Å². The number of hydrogen-bond acceptors (Lipinski definition) is 5. The molecule has 0 saturated heterocycles. The molecule has 0 aliphatic carbocycles. The Hall–Kier alpha value is -0.710. The van der Waals surface area contributed by atoms with Crippen LogP contribution in [0.2, 0.25) is 0 Å². The smallest absolute Gasteiger partial charge is 0.397 e. The molecule has 0 aliphatic heterocycles. The van der Waals surface area contributed by atoms with Crippen LogP contribution in [0.15, 0.2) is 30.3 Å². The minimum atomic E-state index is -1.36. The lowest BCUT2D eigenvalue weighted by atomic mass is 10.0. The van der Waals surface area contributed by atoms with E-state index in [0.717, 1.165) is 44.6 Å². The molecule has 1 rings (SSSR count). The average molecular weight is 919 g/mol. The van der Waals surface area contributed by atoms with Crippen LogP contribution in [0, 0.1) is 0 Å². The van der Waals surface area contributed by atoms with Gasteiger partial charge in [-0.2, -0.15) is 0 Å². The predicted octanol–water partition coefficient (Wildman–Crippen LogP) is 20.6. The number of hydrogen-bond donors (Lipinski definition) is 0. The fourth-order valence-electron chi connectivity index (χ4n) is 8.85. The molecule has 64 heavy (non-hydrogen) atoms. The number of rotatable bonds is 54. The van der Waals surface area contributed by atoms with E-state index in [2.05, 4.69) is 27.7 Å². The first-order valence-corrected chi connectivity index (χ1v) is 29.8. The van der Waals surface area contributed by atoms with Gasteiger partial charge in [0.2, 0.25) is 0 Å². The molecule has 1 aromatic rings. The molecule has 0 aliphatic rings. The summed E-state index contributed by atoms with van der Waals surface area (Å²) < 4.78 is 31.0. The molecule has 1 aromatic carbocycles. The highest BCUT2D eigenvalue weighted by molar-refractivity contribution is 7.42. The summed E-state index contributed by atoms with van der Waals surface area (Å²) in [5, 5.41) is 0. The van der Waals surface area contributed by atoms with Crippen LogP contribution in [-0.2, 0) is 18.5 Å². The summed E-state index contributed by atoms with van der Waals surface area (Å²) >= 11 is 0. The van der Waals surface area contributed by atoms with E-state index in [-0.39, 0.29) is 0 Å². The number of unbranched alkanes of at least 4 members (excludes halogenated alkanes) is 34. The van der Waals surface area contributed by atoms with Crippen molar-refractivity contribution in [3.8, 4) is 5.75 Å². The van der Waals surface area contributed by atoms with Crippen molar-refractivity contribution < 1.29 is 23.0 Å². The molecule has 6 heteroatoms. The minimum Gasteiger partial charge on any atom is -0.427 e. The van der Waals surface area contributed by atoms with Gasteiger partial charge in [0.15, 0.2) is 0 Å². The van der Waals surface area contributed by atoms with Crippen molar-refractivity contribution >= 4 is 8.60 Å². The highest BCUT2D eigenvalue weighted by Gasteiger charge is 2.15. The maximum Gasteiger partial charge on any atom is 0.397 e. The van der Waals surface area contributed by atoms with Gasteiger partial charge >= 0.3 is 8.60 Å². The van der Waals surface area contributed by atoms with E-state index in [0.29, 0.717) is 25.4 Å². The molecular formula is C58H111O5P. The maximum absolute atomic E-state index is 6.26. The average Bonchev–Trinajstić information content (AvgIpc) is 3.31. The van der Waals surface area contributed by atoms with Crippen molar-refractivity contribution in [2.75, 3.05) is 26.4 Å². The van der Waals surface area contributed by atoms with Crippen molar-refractivity contribution in [2.45, 2.75) is 310 Å². The quantitative estimate of drug-likeness (QED) is 0.0481. The second-order valence-corrected chi connectivity index (χ2v) is 20.5. The SMILES string of the molecule is CCCCCCCCCCCCCOC(CC)CCCCCCCCCCOP(OCCCCCCCCCCC(CC)OCCCCCCCCCCCCC)Oc1ccccc1. The third-order valence-corrected chi connectivity index (χ3v) is 14.4. The molecule has 0 bridgehead atoms. The number of para-hydroxylation sites is 1. The van der Waals surface area contributed by atoms with Crippen molar-refractivity contribution in [2.24, 2.45) is 0 Å². The second-order valence-electron chi connectivity index (χ2n) is 19.4. The minimum absolute atomic E-state index is 0.465. The van der Waals surface area contributed by atoms with Gasteiger partial charge in [0.25, 0.3) is 0 Å². The van der Waals surface area contributed by atoms with Crippen LogP contribution >= 0.6 is 8.60 Å². The van der Waals surface area contributed by atoms with E-state index in [9.17, 15) is 0 Å². The zero-order chi connectivity index (χ0) is 45.9. The molecule has 0 radical (unpaired) electrons. The van der Waals surface area contributed by atoms with Crippen molar-refractivity contribution in [3.05, 3.63) is 30.3 Å². The first-order valence-electron chi connectivity index (χ1n) is 28.8. The Balaban J connectivity index is 1.99. The molecule has 2 unspecified atom stereocenters. The largest absolute Gasteiger partial charge is 0.427 e. The van der Waals surface area contributed by atoms with Gasteiger partial charge in [-0.3, -0.25) is 0 Å². The molecule has 0 fully saturated rings. The monoisotopic (exact) mass is 919 g/mol. The van der Waals surface area contributed by atoms with E-state index in [1.165, 1.54) is 244 Å². The van der Waals surface area contributed by atoms with Crippen molar-refractivity contribution in [1.82, 2.24) is 0 Å². The van der Waals surface area contributed by atoms with Gasteiger partial charge < -0.3 is 23.0 Å².